The van der Waals surface area contributed by atoms with Crippen LogP contribution in [0.25, 0.3) is 0 Å². The lowest BCUT2D eigenvalue weighted by Gasteiger charge is -2.51. The number of nitrogens with zero attached hydrogens (tertiary/aromatic N) is 1. The fraction of sp³-hybridized carbons (Fsp3) is 0.571. The van der Waals surface area contributed by atoms with Crippen LogP contribution in [0.15, 0.2) is 18.2 Å². The zero-order valence-corrected chi connectivity index (χ0v) is 11.9. The molecular formula is C14H19FN2O3. The van der Waals surface area contributed by atoms with Gasteiger partial charge in [-0.3, -0.25) is 10.1 Å². The summed E-state index contributed by atoms with van der Waals surface area (Å²) in [7, 11) is 0. The van der Waals surface area contributed by atoms with Crippen LogP contribution in [0.3, 0.4) is 0 Å². The fourth-order valence-electron chi connectivity index (χ4n) is 2.58. The summed E-state index contributed by atoms with van der Waals surface area (Å²) in [5.74, 6) is -0.609. The summed E-state index contributed by atoms with van der Waals surface area (Å²) < 4.78 is 18.7. The summed E-state index contributed by atoms with van der Waals surface area (Å²) in [6.45, 7) is 6.72. The van der Waals surface area contributed by atoms with Crippen molar-refractivity contribution in [1.82, 2.24) is 0 Å². The van der Waals surface area contributed by atoms with Crippen LogP contribution in [0.2, 0.25) is 0 Å². The van der Waals surface area contributed by atoms with Gasteiger partial charge in [0.25, 0.3) is 5.69 Å². The average Bonchev–Trinajstić information content (AvgIpc) is 2.39. The van der Waals surface area contributed by atoms with Crippen molar-refractivity contribution in [1.29, 1.82) is 0 Å². The first-order valence-electron chi connectivity index (χ1n) is 6.68. The molecule has 0 heterocycles. The predicted octanol–water partition coefficient (Wildman–Crippen LogP) is 3.35. The van der Waals surface area contributed by atoms with Gasteiger partial charge in [-0.15, -0.1) is 0 Å². The van der Waals surface area contributed by atoms with Crippen molar-refractivity contribution < 1.29 is 14.1 Å². The Morgan fingerprint density at radius 3 is 2.80 bits per heavy atom. The Kier molecular flexibility index (Phi) is 3.94. The smallest absolute Gasteiger partial charge is 0.295 e. The van der Waals surface area contributed by atoms with E-state index in [0.717, 1.165) is 12.5 Å². The van der Waals surface area contributed by atoms with E-state index >= 15 is 0 Å². The van der Waals surface area contributed by atoms with E-state index < -0.39 is 10.7 Å². The maximum absolute atomic E-state index is 13.1. The van der Waals surface area contributed by atoms with Gasteiger partial charge in [-0.25, -0.2) is 4.39 Å². The Labute approximate surface area is 117 Å². The summed E-state index contributed by atoms with van der Waals surface area (Å²) in [5, 5.41) is 14.1. The summed E-state index contributed by atoms with van der Waals surface area (Å²) in [6.07, 6.45) is 0.930. The Balaban J connectivity index is 2.14. The highest BCUT2D eigenvalue weighted by molar-refractivity contribution is 5.62. The minimum Gasteiger partial charge on any atom is -0.378 e. The van der Waals surface area contributed by atoms with Gasteiger partial charge in [-0.2, -0.15) is 0 Å². The molecule has 2 unspecified atom stereocenters. The van der Waals surface area contributed by atoms with Crippen LogP contribution in [0.1, 0.15) is 27.2 Å². The largest absolute Gasteiger partial charge is 0.378 e. The van der Waals surface area contributed by atoms with E-state index in [9.17, 15) is 14.5 Å². The number of hydrogen-bond acceptors (Lipinski definition) is 4. The first-order valence-corrected chi connectivity index (χ1v) is 6.68. The summed E-state index contributed by atoms with van der Waals surface area (Å²) in [6, 6.07) is 3.65. The average molecular weight is 282 g/mol. The lowest BCUT2D eigenvalue weighted by molar-refractivity contribution is -0.384. The fourth-order valence-corrected chi connectivity index (χ4v) is 2.58. The van der Waals surface area contributed by atoms with Crippen LogP contribution in [-0.2, 0) is 4.74 Å². The molecule has 1 aromatic rings. The Bertz CT molecular complexity index is 519. The van der Waals surface area contributed by atoms with Crippen molar-refractivity contribution >= 4 is 11.4 Å². The predicted molar refractivity (Wildman–Crippen MR) is 74.3 cm³/mol. The van der Waals surface area contributed by atoms with Gasteiger partial charge in [0.05, 0.1) is 17.1 Å². The van der Waals surface area contributed by atoms with Crippen molar-refractivity contribution in [3.8, 4) is 0 Å². The lowest BCUT2D eigenvalue weighted by Crippen LogP contribution is -2.58. The third-order valence-electron chi connectivity index (χ3n) is 4.03. The molecule has 0 bridgehead atoms. The van der Waals surface area contributed by atoms with Gasteiger partial charge in [0.2, 0.25) is 0 Å². The topological polar surface area (TPSA) is 64.4 Å². The molecular weight excluding hydrogens is 263 g/mol. The number of nitro groups is 1. The van der Waals surface area contributed by atoms with Crippen molar-refractivity contribution in [3.05, 3.63) is 34.1 Å². The summed E-state index contributed by atoms with van der Waals surface area (Å²) in [5.41, 5.74) is 0.00299. The van der Waals surface area contributed by atoms with Gasteiger partial charge in [0, 0.05) is 18.1 Å². The van der Waals surface area contributed by atoms with Gasteiger partial charge < -0.3 is 10.1 Å². The molecule has 1 saturated carbocycles. The van der Waals surface area contributed by atoms with E-state index in [-0.39, 0.29) is 23.2 Å². The second-order valence-corrected chi connectivity index (χ2v) is 5.62. The molecule has 0 amide bonds. The highest BCUT2D eigenvalue weighted by Crippen LogP contribution is 2.45. The van der Waals surface area contributed by atoms with E-state index in [0.29, 0.717) is 12.3 Å². The molecule has 0 aliphatic heterocycles. The number of rotatable bonds is 5. The Morgan fingerprint density at radius 2 is 2.25 bits per heavy atom. The maximum atomic E-state index is 13.1. The first-order chi connectivity index (χ1) is 9.36. The third-order valence-corrected chi connectivity index (χ3v) is 4.03. The Morgan fingerprint density at radius 1 is 1.55 bits per heavy atom. The molecule has 5 nitrogen and oxygen atoms in total. The molecule has 2 rings (SSSR count). The highest BCUT2D eigenvalue weighted by atomic mass is 19.1. The molecule has 1 aliphatic rings. The van der Waals surface area contributed by atoms with Crippen molar-refractivity contribution in [2.24, 2.45) is 5.41 Å². The van der Waals surface area contributed by atoms with E-state index in [4.69, 9.17) is 4.74 Å². The minimum absolute atomic E-state index is 0.0724. The number of halogens is 1. The molecule has 1 aromatic carbocycles. The number of benzene rings is 1. The van der Waals surface area contributed by atoms with Crippen molar-refractivity contribution in [3.63, 3.8) is 0 Å². The molecule has 0 aromatic heterocycles. The highest BCUT2D eigenvalue weighted by Gasteiger charge is 2.49. The van der Waals surface area contributed by atoms with E-state index in [1.807, 2.05) is 6.92 Å². The molecule has 1 N–H and O–H groups in total. The minimum atomic E-state index is -0.609. The molecule has 0 radical (unpaired) electrons. The van der Waals surface area contributed by atoms with Gasteiger partial charge in [0.15, 0.2) is 0 Å². The van der Waals surface area contributed by atoms with E-state index in [2.05, 4.69) is 19.2 Å². The van der Waals surface area contributed by atoms with Gasteiger partial charge in [0.1, 0.15) is 11.5 Å². The molecule has 0 spiro atoms. The van der Waals surface area contributed by atoms with Gasteiger partial charge in [-0.1, -0.05) is 13.8 Å². The second kappa shape index (κ2) is 5.36. The quantitative estimate of drug-likeness (QED) is 0.664. The van der Waals surface area contributed by atoms with Crippen molar-refractivity contribution in [2.45, 2.75) is 39.3 Å². The normalized spacial score (nSPS) is 24.0. The molecule has 0 saturated heterocycles. The molecule has 20 heavy (non-hydrogen) atoms. The van der Waals surface area contributed by atoms with Crippen LogP contribution in [0, 0.1) is 21.3 Å². The van der Waals surface area contributed by atoms with Crippen LogP contribution in [-0.4, -0.2) is 23.7 Å². The number of nitro benzene ring substituents is 1. The van der Waals surface area contributed by atoms with Gasteiger partial charge in [-0.05, 0) is 25.5 Å². The first kappa shape index (κ1) is 14.7. The standard InChI is InChI=1S/C14H19FN2O3/c1-4-20-13-8-12(14(13,2)3)16-10-6-5-9(15)7-11(10)17(18)19/h5-7,12-13,16H,4,8H2,1-3H3. The van der Waals surface area contributed by atoms with Crippen LogP contribution < -0.4 is 5.32 Å². The zero-order chi connectivity index (χ0) is 14.9. The van der Waals surface area contributed by atoms with E-state index in [1.54, 1.807) is 0 Å². The molecule has 2 atom stereocenters. The second-order valence-electron chi connectivity index (χ2n) is 5.62. The van der Waals surface area contributed by atoms with Crippen LogP contribution >= 0.6 is 0 Å². The monoisotopic (exact) mass is 282 g/mol. The summed E-state index contributed by atoms with van der Waals surface area (Å²) in [4.78, 5) is 10.4. The number of nitrogens with one attached hydrogen (secondary N) is 1. The van der Waals surface area contributed by atoms with Crippen LogP contribution in [0.4, 0.5) is 15.8 Å². The maximum Gasteiger partial charge on any atom is 0.295 e. The molecule has 6 heteroatoms. The number of ether oxygens (including phenoxy) is 1. The number of anilines is 1. The van der Waals surface area contributed by atoms with E-state index in [1.165, 1.54) is 12.1 Å². The third kappa shape index (κ3) is 2.60. The Hall–Kier alpha value is -1.69. The zero-order valence-electron chi connectivity index (χ0n) is 11.9. The van der Waals surface area contributed by atoms with Crippen LogP contribution in [0.5, 0.6) is 0 Å². The molecule has 110 valence electrons. The van der Waals surface area contributed by atoms with Gasteiger partial charge >= 0.3 is 0 Å². The SMILES string of the molecule is CCOC1CC(Nc2ccc(F)cc2[N+](=O)[O-])C1(C)C. The molecule has 1 fully saturated rings. The number of hydrogen-bond donors (Lipinski definition) is 1. The molecule has 1 aliphatic carbocycles. The van der Waals surface area contributed by atoms with Crippen molar-refractivity contribution in [2.75, 3.05) is 11.9 Å². The lowest BCUT2D eigenvalue weighted by atomic mass is 9.64. The summed E-state index contributed by atoms with van der Waals surface area (Å²) >= 11 is 0.